The Kier molecular flexibility index (Phi) is 5.65. The molecule has 1 aromatic heterocycles. The quantitative estimate of drug-likeness (QED) is 0.721. The van der Waals surface area contributed by atoms with Crippen molar-refractivity contribution in [2.45, 2.75) is 19.6 Å². The predicted octanol–water partition coefficient (Wildman–Crippen LogP) is 1.46. The van der Waals surface area contributed by atoms with Gasteiger partial charge < -0.3 is 15.4 Å². The summed E-state index contributed by atoms with van der Waals surface area (Å²) in [6.45, 7) is 2.52. The van der Waals surface area contributed by atoms with Gasteiger partial charge in [-0.25, -0.2) is 9.78 Å². The summed E-state index contributed by atoms with van der Waals surface area (Å²) in [7, 11) is 0. The molecule has 2 N–H and O–H groups in total. The van der Waals surface area contributed by atoms with Crippen molar-refractivity contribution in [1.82, 2.24) is 15.6 Å². The fourth-order valence-electron chi connectivity index (χ4n) is 2.76. The van der Waals surface area contributed by atoms with Crippen molar-refractivity contribution in [3.8, 4) is 11.1 Å². The van der Waals surface area contributed by atoms with Crippen LogP contribution in [0.15, 0.2) is 42.6 Å². The van der Waals surface area contributed by atoms with Crippen molar-refractivity contribution >= 4 is 24.2 Å². The van der Waals surface area contributed by atoms with Crippen molar-refractivity contribution in [3.05, 3.63) is 48.2 Å². The van der Waals surface area contributed by atoms with Gasteiger partial charge in [0.2, 0.25) is 12.3 Å². The van der Waals surface area contributed by atoms with Gasteiger partial charge in [-0.15, -0.1) is 0 Å². The Balaban J connectivity index is 1.65. The largest absolute Gasteiger partial charge is 0.442 e. The van der Waals surface area contributed by atoms with Gasteiger partial charge in [0.15, 0.2) is 0 Å². The minimum atomic E-state index is -0.474. The zero-order valence-corrected chi connectivity index (χ0v) is 14.8. The van der Waals surface area contributed by atoms with Crippen LogP contribution < -0.4 is 15.5 Å². The average Bonchev–Trinajstić information content (AvgIpc) is 3.06. The predicted molar refractivity (Wildman–Crippen MR) is 98.9 cm³/mol. The maximum atomic E-state index is 12.0. The minimum Gasteiger partial charge on any atom is -0.442 e. The van der Waals surface area contributed by atoms with Gasteiger partial charge in [0.25, 0.3) is 0 Å². The highest BCUT2D eigenvalue weighted by molar-refractivity contribution is 5.88. The van der Waals surface area contributed by atoms with E-state index < -0.39 is 12.2 Å². The molecule has 2 heterocycles. The molecule has 1 aromatic carbocycles. The lowest BCUT2D eigenvalue weighted by atomic mass is 10.1. The van der Waals surface area contributed by atoms with Gasteiger partial charge in [0.1, 0.15) is 11.9 Å². The van der Waals surface area contributed by atoms with Gasteiger partial charge in [-0.05, 0) is 23.3 Å². The molecule has 0 bridgehead atoms. The number of nitrogens with one attached hydrogen (secondary N) is 2. The summed E-state index contributed by atoms with van der Waals surface area (Å²) in [5.74, 6) is 0.334. The number of pyridine rings is 1. The number of nitrogens with zero attached hydrogens (tertiary/aromatic N) is 2. The maximum Gasteiger partial charge on any atom is 0.416 e. The van der Waals surface area contributed by atoms with Gasteiger partial charge in [-0.1, -0.05) is 24.3 Å². The second kappa shape index (κ2) is 8.31. The van der Waals surface area contributed by atoms with Crippen molar-refractivity contribution in [2.75, 3.05) is 18.0 Å². The molecule has 27 heavy (non-hydrogen) atoms. The summed E-state index contributed by atoms with van der Waals surface area (Å²) in [5, 5.41) is 5.26. The standard InChI is InChI=1S/C19H20N4O4/c1-13(25)21-10-17-11-23(19(26)27-17)18-7-6-16(9-22-18)15-4-2-14(3-5-15)8-20-12-24/h2-7,9,12,17H,8,10-11H2,1H3,(H,20,24)(H,21,25)/t17-/m0/s1. The third-order valence-electron chi connectivity index (χ3n) is 4.15. The van der Waals surface area contributed by atoms with Crippen LogP contribution in [0.4, 0.5) is 10.6 Å². The molecule has 2 aromatic rings. The Hall–Kier alpha value is -3.42. The third kappa shape index (κ3) is 4.60. The van der Waals surface area contributed by atoms with E-state index in [4.69, 9.17) is 4.74 Å². The SMILES string of the molecule is CC(=O)NC[C@H]1CN(c2ccc(-c3ccc(CNC=O)cc3)cn2)C(=O)O1. The molecule has 0 saturated carbocycles. The molecule has 1 fully saturated rings. The molecule has 1 saturated heterocycles. The molecule has 0 spiro atoms. The van der Waals surface area contributed by atoms with Crippen molar-refractivity contribution in [2.24, 2.45) is 0 Å². The number of hydrogen-bond donors (Lipinski definition) is 2. The zero-order valence-electron chi connectivity index (χ0n) is 14.8. The molecule has 0 aliphatic carbocycles. The molecule has 1 aliphatic rings. The summed E-state index contributed by atoms with van der Waals surface area (Å²) in [4.78, 5) is 39.2. The Morgan fingerprint density at radius 2 is 2.00 bits per heavy atom. The molecule has 0 radical (unpaired) electrons. The number of hydrogen-bond acceptors (Lipinski definition) is 5. The molecule has 0 unspecified atom stereocenters. The maximum absolute atomic E-state index is 12.0. The number of rotatable bonds is 7. The van der Waals surface area contributed by atoms with Gasteiger partial charge in [0.05, 0.1) is 13.1 Å². The van der Waals surface area contributed by atoms with E-state index in [2.05, 4.69) is 15.6 Å². The molecule has 8 nitrogen and oxygen atoms in total. The number of carbonyl (C=O) groups is 3. The Bertz CT molecular complexity index is 821. The second-order valence-corrected chi connectivity index (χ2v) is 6.15. The first-order valence-electron chi connectivity index (χ1n) is 8.52. The number of benzene rings is 1. The van der Waals surface area contributed by atoms with Crippen molar-refractivity contribution < 1.29 is 19.1 Å². The summed E-state index contributed by atoms with van der Waals surface area (Å²) < 4.78 is 5.24. The lowest BCUT2D eigenvalue weighted by Gasteiger charge is -2.12. The average molecular weight is 368 g/mol. The molecule has 1 atom stereocenters. The van der Waals surface area contributed by atoms with Gasteiger partial charge >= 0.3 is 6.09 Å². The van der Waals surface area contributed by atoms with Gasteiger partial charge in [-0.3, -0.25) is 14.5 Å². The lowest BCUT2D eigenvalue weighted by Crippen LogP contribution is -2.33. The molecular formula is C19H20N4O4. The van der Waals surface area contributed by atoms with E-state index in [1.54, 1.807) is 12.3 Å². The number of amides is 3. The highest BCUT2D eigenvalue weighted by Crippen LogP contribution is 2.24. The van der Waals surface area contributed by atoms with Crippen LogP contribution in [0.1, 0.15) is 12.5 Å². The van der Waals surface area contributed by atoms with Crippen molar-refractivity contribution in [3.63, 3.8) is 0 Å². The van der Waals surface area contributed by atoms with Crippen LogP contribution in [0.25, 0.3) is 11.1 Å². The Morgan fingerprint density at radius 3 is 2.63 bits per heavy atom. The van der Waals surface area contributed by atoms with E-state index in [1.165, 1.54) is 11.8 Å². The molecule has 3 rings (SSSR count). The van der Waals surface area contributed by atoms with Gasteiger partial charge in [-0.2, -0.15) is 0 Å². The van der Waals surface area contributed by atoms with E-state index in [-0.39, 0.29) is 12.5 Å². The van der Waals surface area contributed by atoms with E-state index in [9.17, 15) is 14.4 Å². The second-order valence-electron chi connectivity index (χ2n) is 6.15. The monoisotopic (exact) mass is 368 g/mol. The Labute approximate surface area is 156 Å². The van der Waals surface area contributed by atoms with Crippen LogP contribution >= 0.6 is 0 Å². The van der Waals surface area contributed by atoms with Crippen LogP contribution in [0.5, 0.6) is 0 Å². The summed E-state index contributed by atoms with van der Waals surface area (Å²) in [6.07, 6.45) is 1.50. The van der Waals surface area contributed by atoms with E-state index in [0.29, 0.717) is 25.3 Å². The minimum absolute atomic E-state index is 0.167. The number of aromatic nitrogens is 1. The van der Waals surface area contributed by atoms with Crippen LogP contribution in [-0.2, 0) is 20.9 Å². The van der Waals surface area contributed by atoms with Crippen LogP contribution in [0, 0.1) is 0 Å². The van der Waals surface area contributed by atoms with Crippen molar-refractivity contribution in [1.29, 1.82) is 0 Å². The van der Waals surface area contributed by atoms with Crippen LogP contribution in [0.3, 0.4) is 0 Å². The lowest BCUT2D eigenvalue weighted by molar-refractivity contribution is -0.119. The fourth-order valence-corrected chi connectivity index (χ4v) is 2.76. The number of carbonyl (C=O) groups excluding carboxylic acids is 3. The zero-order chi connectivity index (χ0) is 19.2. The summed E-state index contributed by atoms with van der Waals surface area (Å²) in [6, 6.07) is 11.4. The normalized spacial score (nSPS) is 16.0. The molecule has 3 amide bonds. The summed E-state index contributed by atoms with van der Waals surface area (Å²) in [5.41, 5.74) is 2.90. The van der Waals surface area contributed by atoms with E-state index in [0.717, 1.165) is 16.7 Å². The fraction of sp³-hybridized carbons (Fsp3) is 0.263. The topological polar surface area (TPSA) is 101 Å². The highest BCUT2D eigenvalue weighted by atomic mass is 16.6. The molecule has 140 valence electrons. The molecule has 8 heteroatoms. The first-order chi connectivity index (χ1) is 13.1. The first kappa shape index (κ1) is 18.4. The van der Waals surface area contributed by atoms with E-state index >= 15 is 0 Å². The number of ether oxygens (including phenoxy) is 1. The van der Waals surface area contributed by atoms with Gasteiger partial charge in [0, 0.05) is 25.2 Å². The molecular weight excluding hydrogens is 348 g/mol. The smallest absolute Gasteiger partial charge is 0.416 e. The Morgan fingerprint density at radius 1 is 1.26 bits per heavy atom. The van der Waals surface area contributed by atoms with Crippen LogP contribution in [0.2, 0.25) is 0 Å². The van der Waals surface area contributed by atoms with Crippen LogP contribution in [-0.4, -0.2) is 42.6 Å². The summed E-state index contributed by atoms with van der Waals surface area (Å²) >= 11 is 0. The number of anilines is 1. The highest BCUT2D eigenvalue weighted by Gasteiger charge is 2.33. The number of cyclic esters (lactones) is 1. The van der Waals surface area contributed by atoms with E-state index in [1.807, 2.05) is 30.3 Å². The third-order valence-corrected chi connectivity index (χ3v) is 4.15. The molecule has 1 aliphatic heterocycles. The first-order valence-corrected chi connectivity index (χ1v) is 8.52.